The number of nitrogens with zero attached hydrogens (tertiary/aromatic N) is 1. The minimum absolute atomic E-state index is 0.00393. The molecule has 0 atom stereocenters. The van der Waals surface area contributed by atoms with Crippen LogP contribution in [-0.4, -0.2) is 10.1 Å². The molecule has 0 unspecified atom stereocenters. The highest BCUT2D eigenvalue weighted by molar-refractivity contribution is 8.00. The first-order chi connectivity index (χ1) is 8.72. The van der Waals surface area contributed by atoms with E-state index in [1.165, 1.54) is 0 Å². The maximum Gasteiger partial charge on any atom is 0.353 e. The normalized spacial score (nSPS) is 12.9. The molecule has 1 aliphatic rings. The first-order valence-corrected chi connectivity index (χ1v) is 6.46. The smallest absolute Gasteiger partial charge is 0.353 e. The van der Waals surface area contributed by atoms with Gasteiger partial charge in [0.05, 0.1) is 5.69 Å². The Bertz CT molecular complexity index is 678. The lowest BCUT2D eigenvalue weighted by molar-refractivity contribution is 0.418. The Morgan fingerprint density at radius 1 is 1.44 bits per heavy atom. The molecule has 2 heterocycles. The van der Waals surface area contributed by atoms with E-state index >= 15 is 0 Å². The van der Waals surface area contributed by atoms with Crippen molar-refractivity contribution in [1.29, 1.82) is 0 Å². The van der Waals surface area contributed by atoms with Gasteiger partial charge in [-0.25, -0.2) is 4.79 Å². The van der Waals surface area contributed by atoms with Crippen molar-refractivity contribution >= 4 is 11.8 Å². The van der Waals surface area contributed by atoms with Crippen LogP contribution in [0.2, 0.25) is 0 Å². The molecule has 18 heavy (non-hydrogen) atoms. The quantitative estimate of drug-likeness (QED) is 0.798. The van der Waals surface area contributed by atoms with Gasteiger partial charge in [0, 0.05) is 23.6 Å². The van der Waals surface area contributed by atoms with Crippen molar-refractivity contribution in [2.24, 2.45) is 0 Å². The van der Waals surface area contributed by atoms with Gasteiger partial charge in [-0.2, -0.15) is 0 Å². The molecule has 2 aromatic heterocycles. The van der Waals surface area contributed by atoms with Gasteiger partial charge in [0.1, 0.15) is 16.4 Å². The molecule has 0 bridgehead atoms. The molecule has 1 N–H and O–H groups in total. The molecule has 91 valence electrons. The lowest BCUT2D eigenvalue weighted by atomic mass is 9.93. The molecule has 0 spiro atoms. The van der Waals surface area contributed by atoms with Crippen LogP contribution in [-0.2, 0) is 12.8 Å². The summed E-state index contributed by atoms with van der Waals surface area (Å²) in [5.41, 5.74) is 1.79. The molecule has 0 fully saturated rings. The first-order valence-electron chi connectivity index (χ1n) is 5.47. The summed E-state index contributed by atoms with van der Waals surface area (Å²) in [6, 6.07) is 3.63. The Morgan fingerprint density at radius 2 is 2.28 bits per heavy atom. The summed E-state index contributed by atoms with van der Waals surface area (Å²) < 4.78 is 5.31. The molecule has 1 aliphatic carbocycles. The number of rotatable bonds is 1. The molecule has 0 amide bonds. The molecule has 5 heteroatoms. The van der Waals surface area contributed by atoms with Crippen molar-refractivity contribution in [2.75, 3.05) is 0 Å². The van der Waals surface area contributed by atoms with Crippen molar-refractivity contribution < 1.29 is 9.52 Å². The van der Waals surface area contributed by atoms with Crippen LogP contribution < -0.4 is 5.63 Å². The standard InChI is InChI=1S/C13H10NO3S/c1-18-12-10(15)8-4-5-9-7(3-2-6-14-9)11(8)17-13(12)16/h2-3,6,15H,1,4-5H2. The third-order valence-corrected chi connectivity index (χ3v) is 3.69. The molecule has 0 aliphatic heterocycles. The molecule has 2 aromatic rings. The zero-order chi connectivity index (χ0) is 12.7. The summed E-state index contributed by atoms with van der Waals surface area (Å²) in [6.07, 6.45) is 6.61. The van der Waals surface area contributed by atoms with Crippen molar-refractivity contribution in [3.63, 3.8) is 0 Å². The van der Waals surface area contributed by atoms with Gasteiger partial charge < -0.3 is 9.52 Å². The van der Waals surface area contributed by atoms with Gasteiger partial charge >= 0.3 is 5.63 Å². The summed E-state index contributed by atoms with van der Waals surface area (Å²) in [5.74, 6) is 0.431. The molecule has 3 rings (SSSR count). The van der Waals surface area contributed by atoms with Gasteiger partial charge in [0.25, 0.3) is 0 Å². The number of aryl methyl sites for hydroxylation is 1. The summed E-state index contributed by atoms with van der Waals surface area (Å²) in [7, 11) is 0. The van der Waals surface area contributed by atoms with E-state index in [0.717, 1.165) is 29.4 Å². The van der Waals surface area contributed by atoms with Crippen molar-refractivity contribution in [3.05, 3.63) is 46.3 Å². The first kappa shape index (κ1) is 11.3. The van der Waals surface area contributed by atoms with Crippen LogP contribution in [0.5, 0.6) is 5.75 Å². The van der Waals surface area contributed by atoms with E-state index in [1.54, 1.807) is 12.3 Å². The second-order valence-corrected chi connectivity index (χ2v) is 4.71. The van der Waals surface area contributed by atoms with Gasteiger partial charge in [-0.3, -0.25) is 4.98 Å². The van der Waals surface area contributed by atoms with Crippen LogP contribution in [0.4, 0.5) is 0 Å². The van der Waals surface area contributed by atoms with Crippen LogP contribution in [0.3, 0.4) is 0 Å². The maximum atomic E-state index is 11.7. The van der Waals surface area contributed by atoms with Crippen LogP contribution in [0.1, 0.15) is 11.3 Å². The summed E-state index contributed by atoms with van der Waals surface area (Å²) >= 11 is 0.954. The van der Waals surface area contributed by atoms with Gasteiger partial charge in [-0.15, -0.1) is 11.8 Å². The summed E-state index contributed by atoms with van der Waals surface area (Å²) in [4.78, 5) is 16.2. The minimum atomic E-state index is -0.553. The highest BCUT2D eigenvalue weighted by Crippen LogP contribution is 2.39. The van der Waals surface area contributed by atoms with E-state index in [0.29, 0.717) is 17.7 Å². The Labute approximate surface area is 108 Å². The zero-order valence-electron chi connectivity index (χ0n) is 9.47. The summed E-state index contributed by atoms with van der Waals surface area (Å²) in [5, 5.41) is 10.1. The monoisotopic (exact) mass is 260 g/mol. The van der Waals surface area contributed by atoms with E-state index < -0.39 is 5.63 Å². The van der Waals surface area contributed by atoms with E-state index in [2.05, 4.69) is 11.2 Å². The lowest BCUT2D eigenvalue weighted by Gasteiger charge is -2.18. The van der Waals surface area contributed by atoms with E-state index in [1.807, 2.05) is 6.07 Å². The molecule has 0 saturated heterocycles. The fourth-order valence-electron chi connectivity index (χ4n) is 2.21. The topological polar surface area (TPSA) is 63.3 Å². The number of fused-ring (bicyclic) bond motifs is 3. The van der Waals surface area contributed by atoms with Crippen LogP contribution in [0.25, 0.3) is 11.3 Å². The average Bonchev–Trinajstić information content (AvgIpc) is 2.39. The lowest BCUT2D eigenvalue weighted by Crippen LogP contribution is -2.12. The number of thioether (sulfide) groups is 1. The minimum Gasteiger partial charge on any atom is -0.506 e. The average molecular weight is 260 g/mol. The second-order valence-electron chi connectivity index (χ2n) is 4.02. The van der Waals surface area contributed by atoms with Crippen molar-refractivity contribution in [2.45, 2.75) is 17.7 Å². The Hall–Kier alpha value is -1.75. The Balaban J connectivity index is 2.33. The third-order valence-electron chi connectivity index (χ3n) is 3.05. The highest BCUT2D eigenvalue weighted by atomic mass is 32.2. The predicted octanol–water partition coefficient (Wildman–Crippen LogP) is 2.39. The molecular formula is C13H10NO3S. The van der Waals surface area contributed by atoms with Gasteiger partial charge in [-0.1, -0.05) is 0 Å². The highest BCUT2D eigenvalue weighted by Gasteiger charge is 2.25. The number of hydrogen-bond acceptors (Lipinski definition) is 5. The SMILES string of the molecule is [CH2]Sc1c(O)c2c(oc1=O)-c1cccnc1CC2. The molecule has 0 aromatic carbocycles. The molecule has 4 nitrogen and oxygen atoms in total. The number of hydrogen-bond donors (Lipinski definition) is 1. The zero-order valence-corrected chi connectivity index (χ0v) is 10.3. The molecule has 0 saturated carbocycles. The fraction of sp³-hybridized carbons (Fsp3) is 0.154. The van der Waals surface area contributed by atoms with Crippen LogP contribution >= 0.6 is 11.8 Å². The van der Waals surface area contributed by atoms with Gasteiger partial charge in [0.2, 0.25) is 0 Å². The van der Waals surface area contributed by atoms with E-state index in [-0.39, 0.29) is 10.6 Å². The largest absolute Gasteiger partial charge is 0.506 e. The fourth-order valence-corrected chi connectivity index (χ4v) is 2.63. The summed E-state index contributed by atoms with van der Waals surface area (Å²) in [6.45, 7) is 0. The number of aromatic hydroxyl groups is 1. The molecule has 1 radical (unpaired) electrons. The number of aromatic nitrogens is 1. The predicted molar refractivity (Wildman–Crippen MR) is 68.5 cm³/mol. The van der Waals surface area contributed by atoms with Crippen LogP contribution in [0.15, 0.2) is 32.4 Å². The van der Waals surface area contributed by atoms with Crippen molar-refractivity contribution in [3.8, 4) is 17.1 Å². The maximum absolute atomic E-state index is 11.7. The van der Waals surface area contributed by atoms with Crippen LogP contribution in [0, 0.1) is 6.26 Å². The Morgan fingerprint density at radius 3 is 3.06 bits per heavy atom. The van der Waals surface area contributed by atoms with Gasteiger partial charge in [0.15, 0.2) is 0 Å². The second kappa shape index (κ2) is 4.17. The van der Waals surface area contributed by atoms with Crippen molar-refractivity contribution in [1.82, 2.24) is 4.98 Å². The Kier molecular flexibility index (Phi) is 2.63. The van der Waals surface area contributed by atoms with Gasteiger partial charge in [-0.05, 0) is 25.0 Å². The number of pyridine rings is 1. The van der Waals surface area contributed by atoms with E-state index in [9.17, 15) is 9.90 Å². The third kappa shape index (κ3) is 1.54. The molecular weight excluding hydrogens is 250 g/mol. The van der Waals surface area contributed by atoms with E-state index in [4.69, 9.17) is 4.42 Å².